The Balaban J connectivity index is 1.28. The van der Waals surface area contributed by atoms with Gasteiger partial charge in [-0.25, -0.2) is 8.78 Å². The maximum atomic E-state index is 17.0. The molecule has 8 rings (SSSR count). The third-order valence-corrected chi connectivity index (χ3v) is 11.3. The first-order valence-corrected chi connectivity index (χ1v) is 16.9. The molecule has 0 radical (unpaired) electrons. The summed E-state index contributed by atoms with van der Waals surface area (Å²) in [6.45, 7) is 8.47. The van der Waals surface area contributed by atoms with E-state index in [1.54, 1.807) is 4.90 Å². The molecule has 0 unspecified atom stereocenters. The van der Waals surface area contributed by atoms with Crippen molar-refractivity contribution in [2.45, 2.75) is 56.7 Å². The van der Waals surface area contributed by atoms with Crippen LogP contribution in [0.25, 0.3) is 32.9 Å². The molecule has 3 atom stereocenters. The van der Waals surface area contributed by atoms with Crippen LogP contribution in [-0.4, -0.2) is 86.2 Å². The molecule has 10 nitrogen and oxygen atoms in total. The Morgan fingerprint density at radius 1 is 1.22 bits per heavy atom. The number of phenolic OH excluding ortho intramolecular Hbond substituents is 1. The number of aromatic nitrogens is 3. The molecule has 12 heteroatoms. The van der Waals surface area contributed by atoms with Gasteiger partial charge in [0.15, 0.2) is 5.82 Å². The quantitative estimate of drug-likeness (QED) is 0.214. The first kappa shape index (κ1) is 31.9. The van der Waals surface area contributed by atoms with Gasteiger partial charge in [-0.3, -0.25) is 14.7 Å². The summed E-state index contributed by atoms with van der Waals surface area (Å²) in [7, 11) is 0. The highest BCUT2D eigenvalue weighted by Crippen LogP contribution is 2.46. The second kappa shape index (κ2) is 11.6. The van der Waals surface area contributed by atoms with Crippen LogP contribution in [-0.2, 0) is 4.79 Å². The predicted octanol–water partition coefficient (Wildman–Crippen LogP) is 5.32. The first-order valence-electron chi connectivity index (χ1n) is 16.9. The molecule has 50 heavy (non-hydrogen) atoms. The molecule has 6 heterocycles. The van der Waals surface area contributed by atoms with Crippen molar-refractivity contribution in [3.63, 3.8) is 0 Å². The highest BCUT2D eigenvalue weighted by Gasteiger charge is 2.55. The van der Waals surface area contributed by atoms with Crippen molar-refractivity contribution in [3.8, 4) is 41.4 Å². The van der Waals surface area contributed by atoms with Gasteiger partial charge < -0.3 is 19.6 Å². The highest BCUT2D eigenvalue weighted by molar-refractivity contribution is 6.03. The van der Waals surface area contributed by atoms with Crippen LogP contribution in [0.2, 0.25) is 0 Å². The maximum Gasteiger partial charge on any atom is 0.319 e. The molecular weight excluding hydrogens is 640 g/mol. The lowest BCUT2D eigenvalue weighted by molar-refractivity contribution is -0.129. The molecule has 2 aromatic heterocycles. The van der Waals surface area contributed by atoms with Gasteiger partial charge >= 0.3 is 6.01 Å². The number of ether oxygens (including phenoxy) is 1. The molecule has 4 fully saturated rings. The number of fused-ring (bicyclic) bond motifs is 5. The number of phenols is 1. The van der Waals surface area contributed by atoms with E-state index < -0.39 is 23.1 Å². The molecule has 2 aromatic carbocycles. The van der Waals surface area contributed by atoms with Gasteiger partial charge in [-0.1, -0.05) is 18.6 Å². The van der Waals surface area contributed by atoms with Crippen LogP contribution in [0.5, 0.6) is 11.8 Å². The smallest absolute Gasteiger partial charge is 0.319 e. The first-order chi connectivity index (χ1) is 24.1. The number of terminal acetylenes is 1. The number of hydrogen-bond acceptors (Lipinski definition) is 9. The van der Waals surface area contributed by atoms with Crippen LogP contribution in [0.15, 0.2) is 43.1 Å². The Morgan fingerprint density at radius 3 is 2.72 bits per heavy atom. The summed E-state index contributed by atoms with van der Waals surface area (Å²) in [6, 6.07) is 7.05. The minimum Gasteiger partial charge on any atom is -0.508 e. The second-order valence-corrected chi connectivity index (χ2v) is 14.1. The van der Waals surface area contributed by atoms with Crippen LogP contribution in [0.1, 0.15) is 44.6 Å². The number of piperazine rings is 1. The van der Waals surface area contributed by atoms with Gasteiger partial charge in [-0.2, -0.15) is 15.2 Å². The summed E-state index contributed by atoms with van der Waals surface area (Å²) in [6.07, 6.45) is 13.0. The molecule has 4 saturated heterocycles. The number of rotatable bonds is 6. The van der Waals surface area contributed by atoms with E-state index in [0.717, 1.165) is 38.8 Å². The predicted molar refractivity (Wildman–Crippen MR) is 183 cm³/mol. The maximum absolute atomic E-state index is 17.0. The summed E-state index contributed by atoms with van der Waals surface area (Å²) >= 11 is 0. The van der Waals surface area contributed by atoms with E-state index >= 15 is 4.39 Å². The summed E-state index contributed by atoms with van der Waals surface area (Å²) < 4.78 is 38.3. The van der Waals surface area contributed by atoms with Crippen LogP contribution < -0.4 is 9.64 Å². The van der Waals surface area contributed by atoms with Crippen molar-refractivity contribution >= 4 is 33.4 Å². The number of aromatic hydroxyl groups is 1. The van der Waals surface area contributed by atoms with Gasteiger partial charge in [-0.05, 0) is 81.8 Å². The molecule has 0 spiro atoms. The van der Waals surface area contributed by atoms with E-state index in [4.69, 9.17) is 16.1 Å². The Bertz CT molecular complexity index is 2190. The second-order valence-electron chi connectivity index (χ2n) is 14.1. The normalized spacial score (nSPS) is 23.9. The molecule has 1 amide bonds. The van der Waals surface area contributed by atoms with E-state index in [9.17, 15) is 19.6 Å². The Morgan fingerprint density at radius 2 is 2.00 bits per heavy atom. The van der Waals surface area contributed by atoms with Crippen LogP contribution >= 0.6 is 0 Å². The van der Waals surface area contributed by atoms with E-state index in [0.29, 0.717) is 36.2 Å². The van der Waals surface area contributed by atoms with Crippen LogP contribution in [0.3, 0.4) is 0 Å². The zero-order chi connectivity index (χ0) is 34.9. The lowest BCUT2D eigenvalue weighted by atomic mass is 9.83. The fourth-order valence-electron chi connectivity index (χ4n) is 8.92. The van der Waals surface area contributed by atoms with Crippen molar-refractivity contribution in [3.05, 3.63) is 60.3 Å². The van der Waals surface area contributed by atoms with Crippen LogP contribution in [0, 0.1) is 40.7 Å². The lowest BCUT2D eigenvalue weighted by Gasteiger charge is -2.42. The fourth-order valence-corrected chi connectivity index (χ4v) is 8.92. The summed E-state index contributed by atoms with van der Waals surface area (Å²) in [4.78, 5) is 33.0. The average molecular weight is 676 g/mol. The highest BCUT2D eigenvalue weighted by atomic mass is 19.1. The number of benzene rings is 2. The topological polar surface area (TPSA) is 119 Å². The Kier molecular flexibility index (Phi) is 7.42. The van der Waals surface area contributed by atoms with Gasteiger partial charge in [0, 0.05) is 30.2 Å². The van der Waals surface area contributed by atoms with Gasteiger partial charge in [0.25, 0.3) is 0 Å². The molecular formula is C38H35F2N7O3. The molecule has 0 saturated carbocycles. The number of nitrogens with zero attached hydrogens (tertiary/aromatic N) is 7. The van der Waals surface area contributed by atoms with Crippen molar-refractivity contribution in [2.24, 2.45) is 5.41 Å². The zero-order valence-corrected chi connectivity index (χ0v) is 27.6. The molecule has 4 aliphatic heterocycles. The third kappa shape index (κ3) is 4.77. The van der Waals surface area contributed by atoms with Gasteiger partial charge in [0.1, 0.15) is 35.2 Å². The summed E-state index contributed by atoms with van der Waals surface area (Å²) in [5.41, 5.74) is -1.15. The van der Waals surface area contributed by atoms with Crippen molar-refractivity contribution in [1.29, 1.82) is 5.26 Å². The Labute approximate surface area is 288 Å². The zero-order valence-electron chi connectivity index (χ0n) is 27.6. The van der Waals surface area contributed by atoms with Gasteiger partial charge in [0.2, 0.25) is 5.91 Å². The number of halogens is 2. The van der Waals surface area contributed by atoms with Crippen LogP contribution in [0.4, 0.5) is 14.6 Å². The number of carbonyl (C=O) groups excluding carboxylic acids is 1. The molecule has 254 valence electrons. The van der Waals surface area contributed by atoms with E-state index in [1.807, 2.05) is 11.8 Å². The van der Waals surface area contributed by atoms with Crippen molar-refractivity contribution < 1.29 is 23.4 Å². The average Bonchev–Trinajstić information content (AvgIpc) is 3.75. The minimum absolute atomic E-state index is 0.00668. The number of amides is 1. The third-order valence-electron chi connectivity index (χ3n) is 11.3. The van der Waals surface area contributed by atoms with E-state index in [1.165, 1.54) is 36.5 Å². The number of pyridine rings is 1. The summed E-state index contributed by atoms with van der Waals surface area (Å²) in [5.74, 6) is 0.846. The molecule has 0 aliphatic carbocycles. The Hall–Kier alpha value is -5.33. The minimum atomic E-state index is -0.818. The SMILES string of the molecule is C#Cc1c(F)ccc2cc(O)cc(-c3ncc4c(N5C[C@H]6C[C@](C)(C#N)[C@@H](C5)N6C(=O)C=C)nc(OCC56CCCN5CCC6)nc4c3F)c12. The van der Waals surface area contributed by atoms with Gasteiger partial charge in [-0.15, -0.1) is 6.42 Å². The van der Waals surface area contributed by atoms with Crippen molar-refractivity contribution in [2.75, 3.05) is 37.7 Å². The fraction of sp³-hybridized carbons (Fsp3) is 0.395. The molecule has 2 bridgehead atoms. The van der Waals surface area contributed by atoms with Crippen molar-refractivity contribution in [1.82, 2.24) is 24.8 Å². The number of hydrogen-bond donors (Lipinski definition) is 1. The standard InChI is InChI=1S/C38H35F2N7O3/c1-4-25-28(39)9-8-22-14-24(48)15-26(31(22)25)33-32(40)34-27(17-42-33)35(44-36(43-34)50-21-38-10-6-12-46(38)13-7-11-38)45-18-23-16-37(3,20-41)29(19-45)47(23)30(49)5-2/h1,5,8-9,14-15,17,23,29,48H,2,6-7,10-13,16,18-19,21H2,3H3/t23-,29-,37-/m1/s1. The molecule has 4 aromatic rings. The largest absolute Gasteiger partial charge is 0.508 e. The number of carbonyl (C=O) groups is 1. The lowest BCUT2D eigenvalue weighted by Crippen LogP contribution is -2.57. The molecule has 1 N–H and O–H groups in total. The van der Waals surface area contributed by atoms with E-state index in [-0.39, 0.29) is 63.5 Å². The number of nitriles is 1. The van der Waals surface area contributed by atoms with E-state index in [2.05, 4.69) is 33.4 Å². The van der Waals surface area contributed by atoms with Gasteiger partial charge in [0.05, 0.1) is 40.1 Å². The summed E-state index contributed by atoms with van der Waals surface area (Å²) in [5, 5.41) is 21.8. The monoisotopic (exact) mass is 675 g/mol. The number of anilines is 1. The molecule has 4 aliphatic rings.